The summed E-state index contributed by atoms with van der Waals surface area (Å²) < 4.78 is 16.3. The summed E-state index contributed by atoms with van der Waals surface area (Å²) >= 11 is 0. The number of ether oxygens (including phenoxy) is 2. The maximum Gasteiger partial charge on any atom is 0.305 e. The van der Waals surface area contributed by atoms with Crippen molar-refractivity contribution in [2.24, 2.45) is 0 Å². The lowest BCUT2D eigenvalue weighted by atomic mass is 10.2. The number of carbonyl (C=O) groups excluding carboxylic acids is 2. The van der Waals surface area contributed by atoms with Gasteiger partial charge in [0.1, 0.15) is 0 Å². The van der Waals surface area contributed by atoms with Gasteiger partial charge in [0.2, 0.25) is 0 Å². The second-order valence-corrected chi connectivity index (χ2v) is 12.9. The van der Waals surface area contributed by atoms with Crippen LogP contribution in [-0.2, 0) is 23.5 Å². The topological polar surface area (TPSA) is 82.1 Å². The molecule has 0 unspecified atom stereocenters. The molecule has 154 valence electrons. The molecule has 0 fully saturated rings. The Kier molecular flexibility index (Phi) is 12.8. The summed E-state index contributed by atoms with van der Waals surface area (Å²) in [6.45, 7) is 12.4. The van der Waals surface area contributed by atoms with E-state index in [1.807, 2.05) is 0 Å². The van der Waals surface area contributed by atoms with E-state index in [2.05, 4.69) is 33.9 Å². The molecule has 0 bridgehead atoms. The molecular formula is C19H38O6Si. The molecule has 0 rings (SSSR count). The SMILES string of the molecule is CC(C)(C)[Si](C)(C)OCCCOC(=O)CCCCOC(=O)CCCCO. The molecule has 7 heteroatoms. The Bertz CT molecular complexity index is 403. The van der Waals surface area contributed by atoms with Crippen molar-refractivity contribution in [1.29, 1.82) is 0 Å². The molecule has 0 amide bonds. The Morgan fingerprint density at radius 2 is 1.31 bits per heavy atom. The van der Waals surface area contributed by atoms with Crippen LogP contribution in [0.25, 0.3) is 0 Å². The third kappa shape index (κ3) is 12.4. The second kappa shape index (κ2) is 13.3. The number of rotatable bonds is 14. The van der Waals surface area contributed by atoms with Crippen LogP contribution in [-0.4, -0.2) is 51.8 Å². The molecule has 0 aromatic heterocycles. The van der Waals surface area contributed by atoms with Gasteiger partial charge in [-0.3, -0.25) is 9.59 Å². The number of aliphatic hydroxyl groups excluding tert-OH is 1. The zero-order valence-corrected chi connectivity index (χ0v) is 18.3. The fraction of sp³-hybridized carbons (Fsp3) is 0.895. The van der Waals surface area contributed by atoms with Gasteiger partial charge in [0.15, 0.2) is 8.32 Å². The summed E-state index contributed by atoms with van der Waals surface area (Å²) in [5, 5.41) is 8.82. The van der Waals surface area contributed by atoms with Gasteiger partial charge in [-0.1, -0.05) is 20.8 Å². The molecule has 0 atom stereocenters. The average molecular weight is 391 g/mol. The van der Waals surface area contributed by atoms with Crippen molar-refractivity contribution < 1.29 is 28.6 Å². The zero-order chi connectivity index (χ0) is 20.1. The van der Waals surface area contributed by atoms with Gasteiger partial charge < -0.3 is 19.0 Å². The minimum absolute atomic E-state index is 0.0950. The highest BCUT2D eigenvalue weighted by Crippen LogP contribution is 2.36. The van der Waals surface area contributed by atoms with Crippen LogP contribution >= 0.6 is 0 Å². The predicted octanol–water partition coefficient (Wildman–Crippen LogP) is 3.82. The lowest BCUT2D eigenvalue weighted by Crippen LogP contribution is -2.41. The van der Waals surface area contributed by atoms with E-state index in [9.17, 15) is 9.59 Å². The van der Waals surface area contributed by atoms with E-state index in [0.717, 1.165) is 0 Å². The van der Waals surface area contributed by atoms with Crippen LogP contribution in [0.3, 0.4) is 0 Å². The fourth-order valence-corrected chi connectivity index (χ4v) is 2.96. The second-order valence-electron chi connectivity index (χ2n) is 8.04. The van der Waals surface area contributed by atoms with Crippen LogP contribution in [0.1, 0.15) is 65.7 Å². The summed E-state index contributed by atoms with van der Waals surface area (Å²) in [4.78, 5) is 23.0. The van der Waals surface area contributed by atoms with Crippen LogP contribution in [0, 0.1) is 0 Å². The van der Waals surface area contributed by atoms with Crippen LogP contribution in [0.4, 0.5) is 0 Å². The summed E-state index contributed by atoms with van der Waals surface area (Å²) in [6.07, 6.45) is 3.93. The largest absolute Gasteiger partial charge is 0.466 e. The minimum Gasteiger partial charge on any atom is -0.466 e. The third-order valence-electron chi connectivity index (χ3n) is 4.65. The van der Waals surface area contributed by atoms with Gasteiger partial charge in [-0.2, -0.15) is 0 Å². The Labute approximate surface area is 159 Å². The predicted molar refractivity (Wildman–Crippen MR) is 104 cm³/mol. The van der Waals surface area contributed by atoms with E-state index >= 15 is 0 Å². The number of unbranched alkanes of at least 4 members (excludes halogenated alkanes) is 2. The molecule has 0 aromatic rings. The van der Waals surface area contributed by atoms with Crippen molar-refractivity contribution in [3.05, 3.63) is 0 Å². The number of hydrogen-bond donors (Lipinski definition) is 1. The summed E-state index contributed by atoms with van der Waals surface area (Å²) in [7, 11) is -1.73. The molecular weight excluding hydrogens is 352 g/mol. The maximum atomic E-state index is 11.6. The van der Waals surface area contributed by atoms with Gasteiger partial charge in [-0.25, -0.2) is 0 Å². The zero-order valence-electron chi connectivity index (χ0n) is 17.3. The standard InChI is InChI=1S/C19H38O6Si/c1-19(2,3)26(4,5)25-16-10-15-24-18(22)12-7-9-14-23-17(21)11-6-8-13-20/h20H,6-16H2,1-5H3. The molecule has 0 saturated heterocycles. The van der Waals surface area contributed by atoms with Gasteiger partial charge in [0.05, 0.1) is 13.2 Å². The quantitative estimate of drug-likeness (QED) is 0.276. The molecule has 6 nitrogen and oxygen atoms in total. The first-order chi connectivity index (χ1) is 12.1. The van der Waals surface area contributed by atoms with Crippen LogP contribution in [0.2, 0.25) is 18.1 Å². The van der Waals surface area contributed by atoms with E-state index in [1.165, 1.54) is 0 Å². The number of esters is 2. The van der Waals surface area contributed by atoms with E-state index in [4.69, 9.17) is 19.0 Å². The van der Waals surface area contributed by atoms with Crippen LogP contribution in [0.5, 0.6) is 0 Å². The van der Waals surface area contributed by atoms with Gasteiger partial charge >= 0.3 is 11.9 Å². The highest BCUT2D eigenvalue weighted by molar-refractivity contribution is 6.74. The molecule has 1 N–H and O–H groups in total. The average Bonchev–Trinajstić information content (AvgIpc) is 2.53. The van der Waals surface area contributed by atoms with E-state index in [1.54, 1.807) is 0 Å². The Morgan fingerprint density at radius 1 is 0.808 bits per heavy atom. The molecule has 0 radical (unpaired) electrons. The lowest BCUT2D eigenvalue weighted by Gasteiger charge is -2.36. The first-order valence-corrected chi connectivity index (χ1v) is 12.6. The Hall–Kier alpha value is -0.923. The Balaban J connectivity index is 3.57. The van der Waals surface area contributed by atoms with Crippen molar-refractivity contribution >= 4 is 20.3 Å². The molecule has 0 spiro atoms. The monoisotopic (exact) mass is 390 g/mol. The number of carbonyl (C=O) groups is 2. The molecule has 0 heterocycles. The van der Waals surface area contributed by atoms with E-state index in [-0.39, 0.29) is 23.6 Å². The minimum atomic E-state index is -1.73. The van der Waals surface area contributed by atoms with Crippen LogP contribution < -0.4 is 0 Å². The highest BCUT2D eigenvalue weighted by Gasteiger charge is 2.36. The van der Waals surface area contributed by atoms with Gasteiger partial charge in [0, 0.05) is 32.5 Å². The lowest BCUT2D eigenvalue weighted by molar-refractivity contribution is -0.144. The smallest absolute Gasteiger partial charge is 0.305 e. The Morgan fingerprint density at radius 3 is 1.81 bits per heavy atom. The van der Waals surface area contributed by atoms with E-state index in [0.29, 0.717) is 64.8 Å². The van der Waals surface area contributed by atoms with Crippen molar-refractivity contribution in [2.75, 3.05) is 26.4 Å². The van der Waals surface area contributed by atoms with Crippen LogP contribution in [0.15, 0.2) is 0 Å². The number of aliphatic hydroxyl groups is 1. The molecule has 0 aliphatic rings. The molecule has 0 saturated carbocycles. The molecule has 0 aliphatic heterocycles. The van der Waals surface area contributed by atoms with Crippen molar-refractivity contribution in [1.82, 2.24) is 0 Å². The molecule has 26 heavy (non-hydrogen) atoms. The van der Waals surface area contributed by atoms with Crippen molar-refractivity contribution in [3.8, 4) is 0 Å². The summed E-state index contributed by atoms with van der Waals surface area (Å²) in [5.41, 5.74) is 0. The molecule has 0 aromatic carbocycles. The van der Waals surface area contributed by atoms with Gasteiger partial charge in [-0.15, -0.1) is 0 Å². The number of hydrogen-bond acceptors (Lipinski definition) is 6. The first kappa shape index (κ1) is 25.1. The third-order valence-corrected chi connectivity index (χ3v) is 9.19. The highest BCUT2D eigenvalue weighted by atomic mass is 28.4. The summed E-state index contributed by atoms with van der Waals surface area (Å²) in [6, 6.07) is 0. The van der Waals surface area contributed by atoms with Crippen molar-refractivity contribution in [2.45, 2.75) is 83.8 Å². The van der Waals surface area contributed by atoms with E-state index < -0.39 is 8.32 Å². The normalized spacial score (nSPS) is 12.1. The van der Waals surface area contributed by atoms with Gasteiger partial charge in [-0.05, 0) is 43.8 Å². The molecule has 0 aliphatic carbocycles. The fourth-order valence-electron chi connectivity index (χ4n) is 1.87. The van der Waals surface area contributed by atoms with Gasteiger partial charge in [0.25, 0.3) is 0 Å². The maximum absolute atomic E-state index is 11.6. The summed E-state index contributed by atoms with van der Waals surface area (Å²) in [5.74, 6) is -0.464. The van der Waals surface area contributed by atoms with Crippen molar-refractivity contribution in [3.63, 3.8) is 0 Å². The first-order valence-electron chi connectivity index (χ1n) is 9.66.